The number of hydrogen-bond donors (Lipinski definition) is 1. The number of aromatic nitrogens is 1. The van der Waals surface area contributed by atoms with Gasteiger partial charge >= 0.3 is 0 Å². The van der Waals surface area contributed by atoms with Gasteiger partial charge in [0.2, 0.25) is 10.0 Å². The van der Waals surface area contributed by atoms with Gasteiger partial charge in [-0.15, -0.1) is 0 Å². The number of hydrogen-bond acceptors (Lipinski definition) is 4. The lowest BCUT2D eigenvalue weighted by Crippen LogP contribution is -2.25. The summed E-state index contributed by atoms with van der Waals surface area (Å²) in [7, 11) is -1.92. The number of nitrogens with one attached hydrogen (secondary N) is 1. The molecule has 90 valence electrons. The molecule has 5 nitrogen and oxygen atoms in total. The van der Waals surface area contributed by atoms with E-state index in [1.54, 1.807) is 7.11 Å². The first-order valence-electron chi connectivity index (χ1n) is 4.66. The summed E-state index contributed by atoms with van der Waals surface area (Å²) >= 11 is 5.56. The summed E-state index contributed by atoms with van der Waals surface area (Å²) in [6.45, 7) is 0.847. The summed E-state index contributed by atoms with van der Waals surface area (Å²) in [5.74, 6) is 0. The van der Waals surface area contributed by atoms with Crippen LogP contribution in [-0.2, 0) is 14.8 Å². The van der Waals surface area contributed by atoms with Crippen molar-refractivity contribution in [2.24, 2.45) is 0 Å². The Kier molecular flexibility index (Phi) is 5.14. The summed E-state index contributed by atoms with van der Waals surface area (Å²) in [5, 5.41) is 0.262. The fourth-order valence-electron chi connectivity index (χ4n) is 1.03. The smallest absolute Gasteiger partial charge is 0.242 e. The highest BCUT2D eigenvalue weighted by atomic mass is 35.5. The van der Waals surface area contributed by atoms with E-state index in [1.165, 1.54) is 18.3 Å². The van der Waals surface area contributed by atoms with Gasteiger partial charge in [-0.1, -0.05) is 11.6 Å². The monoisotopic (exact) mass is 264 g/mol. The molecule has 1 heterocycles. The first-order valence-corrected chi connectivity index (χ1v) is 6.52. The van der Waals surface area contributed by atoms with Crippen LogP contribution in [0.2, 0.25) is 5.15 Å². The Morgan fingerprint density at radius 2 is 2.25 bits per heavy atom. The second kappa shape index (κ2) is 6.15. The highest BCUT2D eigenvalue weighted by molar-refractivity contribution is 7.89. The van der Waals surface area contributed by atoms with E-state index in [9.17, 15) is 8.42 Å². The summed E-state index contributed by atoms with van der Waals surface area (Å²) in [6, 6.07) is 2.85. The lowest BCUT2D eigenvalue weighted by Gasteiger charge is -2.05. The lowest BCUT2D eigenvalue weighted by atomic mass is 10.5. The van der Waals surface area contributed by atoms with Crippen molar-refractivity contribution in [3.8, 4) is 0 Å². The maximum absolute atomic E-state index is 11.7. The average Bonchev–Trinajstić information content (AvgIpc) is 2.25. The Labute approximate surface area is 99.8 Å². The molecule has 0 atom stereocenters. The number of pyridine rings is 1. The Morgan fingerprint density at radius 1 is 1.50 bits per heavy atom. The van der Waals surface area contributed by atoms with Gasteiger partial charge in [-0.25, -0.2) is 18.1 Å². The zero-order valence-electron chi connectivity index (χ0n) is 8.81. The highest BCUT2D eigenvalue weighted by Crippen LogP contribution is 2.10. The largest absolute Gasteiger partial charge is 0.385 e. The van der Waals surface area contributed by atoms with Crippen molar-refractivity contribution in [3.05, 3.63) is 23.5 Å². The molecule has 0 aliphatic heterocycles. The van der Waals surface area contributed by atoms with Gasteiger partial charge in [0.05, 0.1) is 0 Å². The lowest BCUT2D eigenvalue weighted by molar-refractivity contribution is 0.196. The number of methoxy groups -OCH3 is 1. The topological polar surface area (TPSA) is 68.3 Å². The van der Waals surface area contributed by atoms with Crippen LogP contribution in [0.5, 0.6) is 0 Å². The van der Waals surface area contributed by atoms with E-state index in [0.29, 0.717) is 19.6 Å². The van der Waals surface area contributed by atoms with Gasteiger partial charge in [-0.3, -0.25) is 0 Å². The molecule has 1 N–H and O–H groups in total. The molecular formula is C9H13ClN2O3S. The van der Waals surface area contributed by atoms with Crippen LogP contribution in [0.4, 0.5) is 0 Å². The second-order valence-corrected chi connectivity index (χ2v) is 5.21. The molecule has 1 aromatic heterocycles. The van der Waals surface area contributed by atoms with E-state index >= 15 is 0 Å². The van der Waals surface area contributed by atoms with Crippen LogP contribution in [0, 0.1) is 0 Å². The van der Waals surface area contributed by atoms with Crippen molar-refractivity contribution in [1.29, 1.82) is 0 Å². The molecular weight excluding hydrogens is 252 g/mol. The van der Waals surface area contributed by atoms with Gasteiger partial charge in [-0.05, 0) is 18.6 Å². The number of halogens is 1. The van der Waals surface area contributed by atoms with Gasteiger partial charge in [-0.2, -0.15) is 0 Å². The molecule has 0 saturated heterocycles. The van der Waals surface area contributed by atoms with Crippen LogP contribution < -0.4 is 4.72 Å². The number of rotatable bonds is 6. The molecule has 0 bridgehead atoms. The predicted octanol–water partition coefficient (Wildman–Crippen LogP) is 1.05. The van der Waals surface area contributed by atoms with Crippen LogP contribution in [0.3, 0.4) is 0 Å². The third-order valence-corrected chi connectivity index (χ3v) is 3.50. The van der Waals surface area contributed by atoms with Gasteiger partial charge in [0.25, 0.3) is 0 Å². The van der Waals surface area contributed by atoms with E-state index in [4.69, 9.17) is 16.3 Å². The molecule has 0 fully saturated rings. The fraction of sp³-hybridized carbons (Fsp3) is 0.444. The third-order valence-electron chi connectivity index (χ3n) is 1.83. The van der Waals surface area contributed by atoms with Crippen molar-refractivity contribution < 1.29 is 13.2 Å². The van der Waals surface area contributed by atoms with Crippen LogP contribution in [0.25, 0.3) is 0 Å². The first-order chi connectivity index (χ1) is 7.56. The van der Waals surface area contributed by atoms with Crippen LogP contribution in [0.15, 0.2) is 23.2 Å². The van der Waals surface area contributed by atoms with Crippen molar-refractivity contribution in [3.63, 3.8) is 0 Å². The summed E-state index contributed by atoms with van der Waals surface area (Å²) in [4.78, 5) is 3.82. The maximum atomic E-state index is 11.7. The number of sulfonamides is 1. The zero-order valence-corrected chi connectivity index (χ0v) is 10.4. The minimum Gasteiger partial charge on any atom is -0.385 e. The first kappa shape index (κ1) is 13.4. The Morgan fingerprint density at radius 3 is 2.81 bits per heavy atom. The molecule has 16 heavy (non-hydrogen) atoms. The fourth-order valence-corrected chi connectivity index (χ4v) is 2.16. The Bertz CT molecular complexity index is 419. The summed E-state index contributed by atoms with van der Waals surface area (Å²) < 4.78 is 30.6. The van der Waals surface area contributed by atoms with E-state index in [0.717, 1.165) is 0 Å². The molecule has 0 aromatic carbocycles. The highest BCUT2D eigenvalue weighted by Gasteiger charge is 2.13. The molecule has 0 amide bonds. The SMILES string of the molecule is COCCCNS(=O)(=O)c1ccc(Cl)nc1. The number of ether oxygens (including phenoxy) is 1. The van der Waals surface area contributed by atoms with E-state index in [1.807, 2.05) is 0 Å². The molecule has 1 rings (SSSR count). The Hall–Kier alpha value is -0.690. The molecule has 0 aliphatic carbocycles. The van der Waals surface area contributed by atoms with Crippen LogP contribution in [0.1, 0.15) is 6.42 Å². The van der Waals surface area contributed by atoms with Gasteiger partial charge in [0.15, 0.2) is 0 Å². The van der Waals surface area contributed by atoms with E-state index in [-0.39, 0.29) is 10.0 Å². The third kappa shape index (κ3) is 4.05. The van der Waals surface area contributed by atoms with Gasteiger partial charge < -0.3 is 4.74 Å². The quantitative estimate of drug-likeness (QED) is 0.616. The van der Waals surface area contributed by atoms with Crippen molar-refractivity contribution in [1.82, 2.24) is 9.71 Å². The minimum absolute atomic E-state index is 0.106. The van der Waals surface area contributed by atoms with Crippen molar-refractivity contribution in [2.45, 2.75) is 11.3 Å². The molecule has 0 saturated carbocycles. The van der Waals surface area contributed by atoms with Crippen LogP contribution in [-0.4, -0.2) is 33.7 Å². The Balaban J connectivity index is 2.60. The maximum Gasteiger partial charge on any atom is 0.242 e. The molecule has 0 radical (unpaired) electrons. The standard InChI is InChI=1S/C9H13ClN2O3S/c1-15-6-2-5-12-16(13,14)8-3-4-9(10)11-7-8/h3-4,7,12H,2,5-6H2,1H3. The summed E-state index contributed by atoms with van der Waals surface area (Å²) in [5.41, 5.74) is 0. The average molecular weight is 265 g/mol. The van der Waals surface area contributed by atoms with E-state index in [2.05, 4.69) is 9.71 Å². The van der Waals surface area contributed by atoms with E-state index < -0.39 is 10.0 Å². The predicted molar refractivity (Wildman–Crippen MR) is 60.9 cm³/mol. The molecule has 7 heteroatoms. The van der Waals surface area contributed by atoms with Crippen molar-refractivity contribution >= 4 is 21.6 Å². The van der Waals surface area contributed by atoms with Gasteiger partial charge in [0.1, 0.15) is 10.0 Å². The normalized spacial score (nSPS) is 11.6. The number of nitrogens with zero attached hydrogens (tertiary/aromatic N) is 1. The molecule has 0 aliphatic rings. The minimum atomic E-state index is -3.48. The van der Waals surface area contributed by atoms with Gasteiger partial charge in [0, 0.05) is 26.5 Å². The molecule has 0 spiro atoms. The second-order valence-electron chi connectivity index (χ2n) is 3.06. The zero-order chi connectivity index (χ0) is 12.0. The summed E-state index contributed by atoms with van der Waals surface area (Å²) in [6.07, 6.45) is 1.84. The molecule has 0 unspecified atom stereocenters. The molecule has 1 aromatic rings. The van der Waals surface area contributed by atoms with Crippen LogP contribution >= 0.6 is 11.6 Å². The van der Waals surface area contributed by atoms with Crippen molar-refractivity contribution in [2.75, 3.05) is 20.3 Å².